The van der Waals surface area contributed by atoms with E-state index in [-0.39, 0.29) is 17.0 Å². The smallest absolute Gasteiger partial charge is 0.339 e. The molecule has 0 amide bonds. The Morgan fingerprint density at radius 3 is 2.74 bits per heavy atom. The van der Waals surface area contributed by atoms with E-state index in [1.165, 1.54) is 6.07 Å². The fourth-order valence-electron chi connectivity index (χ4n) is 1.50. The van der Waals surface area contributed by atoms with Gasteiger partial charge in [-0.2, -0.15) is 0 Å². The summed E-state index contributed by atoms with van der Waals surface area (Å²) in [5.41, 5.74) is 5.97. The summed E-state index contributed by atoms with van der Waals surface area (Å²) in [6.45, 7) is 0. The lowest BCUT2D eigenvalue weighted by Crippen LogP contribution is -2.03. The second-order valence-electron chi connectivity index (χ2n) is 3.71. The van der Waals surface area contributed by atoms with Crippen LogP contribution in [0.5, 0.6) is 11.5 Å². The molecule has 0 aliphatic heterocycles. The van der Waals surface area contributed by atoms with Crippen molar-refractivity contribution in [1.29, 1.82) is 0 Å². The maximum absolute atomic E-state index is 11.1. The van der Waals surface area contributed by atoms with E-state index in [0.717, 1.165) is 4.47 Å². The number of carboxylic acids is 1. The lowest BCUT2D eigenvalue weighted by atomic mass is 10.1. The monoisotopic (exact) mass is 341 g/mol. The molecule has 0 heterocycles. The quantitative estimate of drug-likeness (QED) is 0.821. The van der Waals surface area contributed by atoms with Crippen LogP contribution < -0.4 is 10.5 Å². The highest BCUT2D eigenvalue weighted by atomic mass is 79.9. The molecule has 0 atom stereocenters. The van der Waals surface area contributed by atoms with Crippen molar-refractivity contribution >= 4 is 39.2 Å². The van der Waals surface area contributed by atoms with Crippen LogP contribution in [0.3, 0.4) is 0 Å². The van der Waals surface area contributed by atoms with Gasteiger partial charge in [0, 0.05) is 4.47 Å². The van der Waals surface area contributed by atoms with E-state index in [1.54, 1.807) is 30.3 Å². The van der Waals surface area contributed by atoms with Gasteiger partial charge < -0.3 is 15.6 Å². The van der Waals surface area contributed by atoms with Crippen molar-refractivity contribution in [2.75, 3.05) is 5.73 Å². The van der Waals surface area contributed by atoms with Crippen molar-refractivity contribution < 1.29 is 14.6 Å². The summed E-state index contributed by atoms with van der Waals surface area (Å²) < 4.78 is 6.31. The highest BCUT2D eigenvalue weighted by Crippen LogP contribution is 2.36. The Hall–Kier alpha value is -1.72. The van der Waals surface area contributed by atoms with E-state index < -0.39 is 5.97 Å². The van der Waals surface area contributed by atoms with Gasteiger partial charge in [0.2, 0.25) is 0 Å². The summed E-state index contributed by atoms with van der Waals surface area (Å²) in [6, 6.07) is 9.56. The van der Waals surface area contributed by atoms with Crippen LogP contribution in [0.4, 0.5) is 5.69 Å². The van der Waals surface area contributed by atoms with Gasteiger partial charge in [0.05, 0.1) is 10.7 Å². The van der Waals surface area contributed by atoms with Gasteiger partial charge in [-0.15, -0.1) is 0 Å². The Morgan fingerprint density at radius 1 is 1.32 bits per heavy atom. The van der Waals surface area contributed by atoms with Crippen molar-refractivity contribution in [3.8, 4) is 11.5 Å². The molecule has 2 aromatic rings. The molecular formula is C13H9BrClNO3. The van der Waals surface area contributed by atoms with Crippen LogP contribution in [-0.2, 0) is 0 Å². The average molecular weight is 343 g/mol. The van der Waals surface area contributed by atoms with Crippen LogP contribution >= 0.6 is 27.5 Å². The maximum Gasteiger partial charge on any atom is 0.339 e. The molecule has 4 nitrogen and oxygen atoms in total. The zero-order valence-electron chi connectivity index (χ0n) is 9.56. The molecule has 0 fully saturated rings. The normalized spacial score (nSPS) is 10.2. The molecule has 6 heteroatoms. The third kappa shape index (κ3) is 3.00. The number of para-hydroxylation sites is 1. The fourth-order valence-corrected chi connectivity index (χ4v) is 2.00. The summed E-state index contributed by atoms with van der Waals surface area (Å²) >= 11 is 9.29. The molecule has 0 spiro atoms. The standard InChI is InChI=1S/C13H9BrClNO3/c14-7-4-5-9(15)11(6-7)19-12-8(13(17)18)2-1-3-10(12)16/h1-6H,16H2,(H,17,18). The molecule has 0 saturated heterocycles. The number of benzene rings is 2. The van der Waals surface area contributed by atoms with Gasteiger partial charge in [-0.1, -0.05) is 33.6 Å². The summed E-state index contributed by atoms with van der Waals surface area (Å²) in [6.07, 6.45) is 0. The number of hydrogen-bond acceptors (Lipinski definition) is 3. The van der Waals surface area contributed by atoms with Gasteiger partial charge in [-0.25, -0.2) is 4.79 Å². The number of hydrogen-bond donors (Lipinski definition) is 2. The molecule has 0 aliphatic rings. The summed E-state index contributed by atoms with van der Waals surface area (Å²) in [5.74, 6) is -0.708. The molecule has 0 radical (unpaired) electrons. The summed E-state index contributed by atoms with van der Waals surface area (Å²) in [4.78, 5) is 11.1. The van der Waals surface area contributed by atoms with Crippen LogP contribution in [0.25, 0.3) is 0 Å². The number of aromatic carboxylic acids is 1. The first-order chi connectivity index (χ1) is 8.99. The van der Waals surface area contributed by atoms with Crippen molar-refractivity contribution in [2.45, 2.75) is 0 Å². The Labute approximate surface area is 122 Å². The third-order valence-corrected chi connectivity index (χ3v) is 3.19. The molecular weight excluding hydrogens is 334 g/mol. The lowest BCUT2D eigenvalue weighted by Gasteiger charge is -2.12. The first kappa shape index (κ1) is 13.7. The van der Waals surface area contributed by atoms with E-state index in [9.17, 15) is 4.79 Å². The molecule has 0 bridgehead atoms. The van der Waals surface area contributed by atoms with Crippen molar-refractivity contribution in [3.05, 3.63) is 51.5 Å². The van der Waals surface area contributed by atoms with Crippen molar-refractivity contribution in [3.63, 3.8) is 0 Å². The second-order valence-corrected chi connectivity index (χ2v) is 5.03. The molecule has 3 N–H and O–H groups in total. The van der Waals surface area contributed by atoms with Gasteiger partial charge in [0.25, 0.3) is 0 Å². The van der Waals surface area contributed by atoms with E-state index >= 15 is 0 Å². The number of rotatable bonds is 3. The zero-order chi connectivity index (χ0) is 14.0. The van der Waals surface area contributed by atoms with Gasteiger partial charge in [-0.3, -0.25) is 0 Å². The van der Waals surface area contributed by atoms with Crippen LogP contribution in [0.2, 0.25) is 5.02 Å². The van der Waals surface area contributed by atoms with Crippen LogP contribution in [0.1, 0.15) is 10.4 Å². The van der Waals surface area contributed by atoms with Gasteiger partial charge in [-0.05, 0) is 30.3 Å². The number of nitrogen functional groups attached to an aromatic ring is 1. The Morgan fingerprint density at radius 2 is 2.05 bits per heavy atom. The first-order valence-corrected chi connectivity index (χ1v) is 6.41. The van der Waals surface area contributed by atoms with Gasteiger partial charge in [0.15, 0.2) is 5.75 Å². The predicted molar refractivity (Wildman–Crippen MR) is 77.0 cm³/mol. The number of ether oxygens (including phenoxy) is 1. The van der Waals surface area contributed by atoms with E-state index in [2.05, 4.69) is 15.9 Å². The van der Waals surface area contributed by atoms with E-state index in [0.29, 0.717) is 10.8 Å². The zero-order valence-corrected chi connectivity index (χ0v) is 11.9. The fraction of sp³-hybridized carbons (Fsp3) is 0. The molecule has 2 aromatic carbocycles. The molecule has 0 saturated carbocycles. The van der Waals surface area contributed by atoms with E-state index in [1.807, 2.05) is 0 Å². The summed E-state index contributed by atoms with van der Waals surface area (Å²) in [5, 5.41) is 9.48. The molecule has 19 heavy (non-hydrogen) atoms. The Bertz CT molecular complexity index is 646. The van der Waals surface area contributed by atoms with Gasteiger partial charge in [0.1, 0.15) is 11.3 Å². The topological polar surface area (TPSA) is 72.6 Å². The third-order valence-electron chi connectivity index (χ3n) is 2.38. The predicted octanol–water partition coefficient (Wildman–Crippen LogP) is 4.18. The number of halogens is 2. The molecule has 0 unspecified atom stereocenters. The van der Waals surface area contributed by atoms with Crippen molar-refractivity contribution in [1.82, 2.24) is 0 Å². The van der Waals surface area contributed by atoms with Crippen LogP contribution in [0, 0.1) is 0 Å². The minimum atomic E-state index is -1.12. The van der Waals surface area contributed by atoms with Gasteiger partial charge >= 0.3 is 5.97 Å². The largest absolute Gasteiger partial charge is 0.478 e. The van der Waals surface area contributed by atoms with E-state index in [4.69, 9.17) is 27.2 Å². The van der Waals surface area contributed by atoms with Crippen LogP contribution in [0.15, 0.2) is 40.9 Å². The highest BCUT2D eigenvalue weighted by Gasteiger charge is 2.16. The van der Waals surface area contributed by atoms with Crippen LogP contribution in [-0.4, -0.2) is 11.1 Å². The Kier molecular flexibility index (Phi) is 3.97. The number of nitrogens with two attached hydrogens (primary N) is 1. The SMILES string of the molecule is Nc1cccc(C(=O)O)c1Oc1cc(Br)ccc1Cl. The minimum Gasteiger partial charge on any atom is -0.478 e. The lowest BCUT2D eigenvalue weighted by molar-refractivity contribution is 0.0694. The number of carbonyl (C=O) groups is 1. The Balaban J connectivity index is 2.49. The minimum absolute atomic E-state index is 0.0176. The molecule has 0 aromatic heterocycles. The molecule has 2 rings (SSSR count). The van der Waals surface area contributed by atoms with Crippen molar-refractivity contribution in [2.24, 2.45) is 0 Å². The number of carboxylic acid groups (broad SMARTS) is 1. The number of anilines is 1. The second kappa shape index (κ2) is 5.50. The highest BCUT2D eigenvalue weighted by molar-refractivity contribution is 9.10. The molecule has 0 aliphatic carbocycles. The summed E-state index contributed by atoms with van der Waals surface area (Å²) in [7, 11) is 0. The first-order valence-electron chi connectivity index (χ1n) is 5.23. The average Bonchev–Trinajstić information content (AvgIpc) is 2.35. The maximum atomic E-state index is 11.1. The molecule has 98 valence electrons.